The minimum atomic E-state index is -1.16. The fraction of sp³-hybridized carbons (Fsp3) is 0.889. The van der Waals surface area contributed by atoms with E-state index in [-0.39, 0.29) is 19.5 Å². The molecule has 0 aliphatic rings. The Labute approximate surface area is 166 Å². The SMILES string of the molecule is CCCCCCCCNC(=O)[O-].CCCCCCCCNC(=O)[O-].[Zn+2]. The van der Waals surface area contributed by atoms with Gasteiger partial charge in [0, 0.05) is 13.1 Å². The molecule has 0 heterocycles. The maximum absolute atomic E-state index is 9.91. The second-order valence-corrected chi connectivity index (χ2v) is 5.96. The van der Waals surface area contributed by atoms with Gasteiger partial charge >= 0.3 is 19.5 Å². The van der Waals surface area contributed by atoms with E-state index in [4.69, 9.17) is 0 Å². The largest absolute Gasteiger partial charge is 2.00 e. The minimum Gasteiger partial charge on any atom is -0.530 e. The molecule has 0 bridgehead atoms. The number of nitrogens with one attached hydrogen (secondary N) is 2. The van der Waals surface area contributed by atoms with Crippen molar-refractivity contribution in [2.45, 2.75) is 90.9 Å². The van der Waals surface area contributed by atoms with Crippen molar-refractivity contribution in [3.05, 3.63) is 0 Å². The van der Waals surface area contributed by atoms with Gasteiger partial charge in [-0.25, -0.2) is 0 Å². The van der Waals surface area contributed by atoms with Crippen LogP contribution in [-0.2, 0) is 19.5 Å². The van der Waals surface area contributed by atoms with E-state index in [9.17, 15) is 19.8 Å². The van der Waals surface area contributed by atoms with Gasteiger partial charge in [-0.15, -0.1) is 0 Å². The molecule has 0 aromatic rings. The van der Waals surface area contributed by atoms with Crippen LogP contribution in [0.15, 0.2) is 0 Å². The number of unbranched alkanes of at least 4 members (excludes halogenated alkanes) is 10. The first-order valence-electron chi connectivity index (χ1n) is 9.44. The molecule has 0 spiro atoms. The molecule has 7 heteroatoms. The normalized spacial score (nSPS) is 9.36. The van der Waals surface area contributed by atoms with E-state index in [0.29, 0.717) is 13.1 Å². The van der Waals surface area contributed by atoms with E-state index in [1.807, 2.05) is 0 Å². The zero-order valence-corrected chi connectivity index (χ0v) is 19.2. The molecule has 6 nitrogen and oxygen atoms in total. The summed E-state index contributed by atoms with van der Waals surface area (Å²) in [7, 11) is 0. The van der Waals surface area contributed by atoms with Gasteiger partial charge in [0.05, 0.1) is 0 Å². The summed E-state index contributed by atoms with van der Waals surface area (Å²) in [6, 6.07) is 0. The summed E-state index contributed by atoms with van der Waals surface area (Å²) in [4.78, 5) is 19.8. The molecule has 0 rings (SSSR count). The van der Waals surface area contributed by atoms with Gasteiger partial charge in [0.25, 0.3) is 0 Å². The van der Waals surface area contributed by atoms with Gasteiger partial charge in [-0.05, 0) is 12.8 Å². The summed E-state index contributed by atoms with van der Waals surface area (Å²) in [5, 5.41) is 24.3. The van der Waals surface area contributed by atoms with Crippen LogP contribution in [0.2, 0.25) is 0 Å². The van der Waals surface area contributed by atoms with Crippen molar-refractivity contribution in [2.24, 2.45) is 0 Å². The van der Waals surface area contributed by atoms with E-state index in [0.717, 1.165) is 25.7 Å². The third-order valence-corrected chi connectivity index (χ3v) is 3.60. The van der Waals surface area contributed by atoms with E-state index in [1.165, 1.54) is 51.4 Å². The second kappa shape index (κ2) is 25.4. The molecule has 2 N–H and O–H groups in total. The molecule has 0 aliphatic heterocycles. The Morgan fingerprint density at radius 1 is 0.600 bits per heavy atom. The molecule has 0 aliphatic carbocycles. The molecule has 0 fully saturated rings. The summed E-state index contributed by atoms with van der Waals surface area (Å²) in [5.41, 5.74) is 0. The summed E-state index contributed by atoms with van der Waals surface area (Å²) in [6.45, 7) is 5.43. The van der Waals surface area contributed by atoms with Gasteiger partial charge in [0.1, 0.15) is 12.2 Å². The van der Waals surface area contributed by atoms with Crippen LogP contribution in [0.3, 0.4) is 0 Å². The number of rotatable bonds is 14. The third kappa shape index (κ3) is 35.2. The van der Waals surface area contributed by atoms with Crippen molar-refractivity contribution >= 4 is 12.2 Å². The first-order valence-corrected chi connectivity index (χ1v) is 9.44. The molecule has 2 amide bonds. The van der Waals surface area contributed by atoms with Gasteiger partial charge < -0.3 is 30.4 Å². The van der Waals surface area contributed by atoms with Gasteiger partial charge in [0.15, 0.2) is 0 Å². The van der Waals surface area contributed by atoms with Crippen molar-refractivity contribution < 1.29 is 39.3 Å². The molecule has 0 saturated heterocycles. The number of hydrogen-bond donors (Lipinski definition) is 2. The van der Waals surface area contributed by atoms with Crippen molar-refractivity contribution in [3.63, 3.8) is 0 Å². The summed E-state index contributed by atoms with van der Waals surface area (Å²) in [5.74, 6) is 0. The summed E-state index contributed by atoms with van der Waals surface area (Å²) >= 11 is 0. The Morgan fingerprint density at radius 2 is 0.880 bits per heavy atom. The maximum Gasteiger partial charge on any atom is 2.00 e. The maximum atomic E-state index is 9.91. The number of carbonyl (C=O) groups is 2. The smallest absolute Gasteiger partial charge is 0.530 e. The Bertz CT molecular complexity index is 264. The number of hydrogen-bond acceptors (Lipinski definition) is 4. The van der Waals surface area contributed by atoms with Crippen LogP contribution in [0.4, 0.5) is 9.59 Å². The quantitative estimate of drug-likeness (QED) is 0.340. The van der Waals surface area contributed by atoms with Crippen LogP contribution in [0, 0.1) is 0 Å². The number of amides is 2. The number of carbonyl (C=O) groups excluding carboxylic acids is 2. The van der Waals surface area contributed by atoms with Crippen LogP contribution in [0.5, 0.6) is 0 Å². The summed E-state index contributed by atoms with van der Waals surface area (Å²) in [6.07, 6.45) is 11.8. The van der Waals surface area contributed by atoms with Crippen molar-refractivity contribution in [1.29, 1.82) is 0 Å². The Hall–Kier alpha value is -0.837. The van der Waals surface area contributed by atoms with E-state index in [2.05, 4.69) is 24.5 Å². The molecule has 0 radical (unpaired) electrons. The van der Waals surface area contributed by atoms with Crippen LogP contribution in [0.25, 0.3) is 0 Å². The molecule has 0 unspecified atom stereocenters. The van der Waals surface area contributed by atoms with Gasteiger partial charge in [-0.1, -0.05) is 78.1 Å². The fourth-order valence-electron chi connectivity index (χ4n) is 2.19. The molecule has 0 aromatic carbocycles. The standard InChI is InChI=1S/2C9H19NO2.Zn/c2*1-2-3-4-5-6-7-8-10-9(11)12;/h2*10H,2-8H2,1H3,(H,11,12);/q;;+2/p-2. The zero-order chi connectivity index (χ0) is 18.5. The van der Waals surface area contributed by atoms with Crippen LogP contribution in [0.1, 0.15) is 90.9 Å². The fourth-order valence-corrected chi connectivity index (χ4v) is 2.19. The average Bonchev–Trinajstić information content (AvgIpc) is 2.53. The first-order chi connectivity index (χ1) is 11.5. The predicted octanol–water partition coefficient (Wildman–Crippen LogP) is 2.56. The molecular weight excluding hydrogens is 374 g/mol. The Balaban J connectivity index is -0.000000372. The van der Waals surface area contributed by atoms with E-state index < -0.39 is 12.2 Å². The third-order valence-electron chi connectivity index (χ3n) is 3.60. The second-order valence-electron chi connectivity index (χ2n) is 5.96. The monoisotopic (exact) mass is 408 g/mol. The van der Waals surface area contributed by atoms with E-state index >= 15 is 0 Å². The average molecular weight is 410 g/mol. The predicted molar refractivity (Wildman–Crippen MR) is 93.5 cm³/mol. The Kier molecular flexibility index (Phi) is 29.4. The van der Waals surface area contributed by atoms with E-state index in [1.54, 1.807) is 0 Å². The minimum absolute atomic E-state index is 0. The molecule has 0 aromatic heterocycles. The summed E-state index contributed by atoms with van der Waals surface area (Å²) < 4.78 is 0. The van der Waals surface area contributed by atoms with Crippen molar-refractivity contribution in [3.8, 4) is 0 Å². The molecule has 144 valence electrons. The van der Waals surface area contributed by atoms with Gasteiger partial charge in [-0.2, -0.15) is 0 Å². The van der Waals surface area contributed by atoms with Crippen molar-refractivity contribution in [1.82, 2.24) is 10.6 Å². The number of carboxylic acid groups (broad SMARTS) is 2. The Morgan fingerprint density at radius 3 is 1.16 bits per heavy atom. The van der Waals surface area contributed by atoms with Crippen LogP contribution in [-0.4, -0.2) is 25.3 Å². The van der Waals surface area contributed by atoms with Crippen LogP contribution >= 0.6 is 0 Å². The van der Waals surface area contributed by atoms with Crippen molar-refractivity contribution in [2.75, 3.05) is 13.1 Å². The van der Waals surface area contributed by atoms with Crippen LogP contribution < -0.4 is 20.8 Å². The topological polar surface area (TPSA) is 104 Å². The van der Waals surface area contributed by atoms with Gasteiger partial charge in [0.2, 0.25) is 0 Å². The molecule has 0 saturated carbocycles. The first kappa shape index (κ1) is 28.9. The molecule has 25 heavy (non-hydrogen) atoms. The molecule has 0 atom stereocenters. The van der Waals surface area contributed by atoms with Gasteiger partial charge in [-0.3, -0.25) is 0 Å². The zero-order valence-electron chi connectivity index (χ0n) is 16.2. The molecular formula is C18H36N2O4Zn.